The topological polar surface area (TPSA) is 96.9 Å². The third-order valence-corrected chi connectivity index (χ3v) is 2.89. The maximum absolute atomic E-state index is 11.8. The first-order chi connectivity index (χ1) is 10.1. The molecule has 2 rings (SSSR count). The van der Waals surface area contributed by atoms with Crippen LogP contribution in [0.15, 0.2) is 53.7 Å². The number of hydrogen-bond donors (Lipinski definition) is 3. The fourth-order valence-electron chi connectivity index (χ4n) is 1.57. The number of oxime groups is 1. The van der Waals surface area contributed by atoms with Crippen molar-refractivity contribution < 1.29 is 14.7 Å². The molecule has 0 bridgehead atoms. The number of nitrogens with zero attached hydrogens (tertiary/aromatic N) is 1. The second-order valence-electron chi connectivity index (χ2n) is 4.01. The fraction of sp³-hybridized carbons (Fsp3) is 0. The second-order valence-corrected chi connectivity index (χ2v) is 4.41. The summed E-state index contributed by atoms with van der Waals surface area (Å²) in [5.41, 5.74) is 6.19. The van der Waals surface area contributed by atoms with Crippen LogP contribution >= 0.6 is 11.6 Å². The van der Waals surface area contributed by atoms with Gasteiger partial charge in [-0.25, -0.2) is 4.79 Å². The second kappa shape index (κ2) is 6.62. The summed E-state index contributed by atoms with van der Waals surface area (Å²) < 4.78 is 5.08. The summed E-state index contributed by atoms with van der Waals surface area (Å²) in [6.45, 7) is 0. The number of benzene rings is 2. The number of anilines is 1. The number of para-hydroxylation sites is 1. The van der Waals surface area contributed by atoms with Gasteiger partial charge in [-0.15, -0.1) is 0 Å². The molecule has 0 aliphatic rings. The third kappa shape index (κ3) is 3.87. The van der Waals surface area contributed by atoms with E-state index in [0.717, 1.165) is 0 Å². The van der Waals surface area contributed by atoms with Crippen LogP contribution in [0.2, 0.25) is 5.02 Å². The zero-order chi connectivity index (χ0) is 15.2. The van der Waals surface area contributed by atoms with Gasteiger partial charge in [0.15, 0.2) is 5.84 Å². The molecule has 0 aliphatic heterocycles. The minimum absolute atomic E-state index is 0.0915. The minimum Gasteiger partial charge on any atom is -0.410 e. The van der Waals surface area contributed by atoms with Gasteiger partial charge in [-0.2, -0.15) is 0 Å². The van der Waals surface area contributed by atoms with Crippen LogP contribution < -0.4 is 15.8 Å². The third-order valence-electron chi connectivity index (χ3n) is 2.56. The van der Waals surface area contributed by atoms with E-state index in [1.807, 2.05) is 6.07 Å². The molecule has 0 saturated carbocycles. The number of amides is 1. The van der Waals surface area contributed by atoms with Crippen LogP contribution in [0.1, 0.15) is 5.56 Å². The molecule has 0 fully saturated rings. The number of nitrogens with one attached hydrogen (secondary N) is 1. The summed E-state index contributed by atoms with van der Waals surface area (Å²) in [7, 11) is 0. The molecule has 2 aromatic carbocycles. The monoisotopic (exact) mass is 305 g/mol. The van der Waals surface area contributed by atoms with Crippen LogP contribution in [0.25, 0.3) is 0 Å². The number of ether oxygens (including phenoxy) is 1. The van der Waals surface area contributed by atoms with Crippen LogP contribution in [0, 0.1) is 0 Å². The molecule has 4 N–H and O–H groups in total. The van der Waals surface area contributed by atoms with E-state index in [9.17, 15) is 4.79 Å². The lowest BCUT2D eigenvalue weighted by molar-refractivity contribution is 0.215. The number of halogens is 1. The smallest absolute Gasteiger partial charge is 0.410 e. The van der Waals surface area contributed by atoms with E-state index >= 15 is 0 Å². The zero-order valence-electron chi connectivity index (χ0n) is 10.8. The molecule has 0 unspecified atom stereocenters. The first-order valence-corrected chi connectivity index (χ1v) is 6.29. The van der Waals surface area contributed by atoms with Crippen molar-refractivity contribution in [2.24, 2.45) is 10.9 Å². The van der Waals surface area contributed by atoms with Gasteiger partial charge in [0.25, 0.3) is 0 Å². The van der Waals surface area contributed by atoms with E-state index in [1.54, 1.807) is 30.3 Å². The summed E-state index contributed by atoms with van der Waals surface area (Å²) >= 11 is 5.98. The molecule has 0 atom stereocenters. The van der Waals surface area contributed by atoms with Crippen molar-refractivity contribution in [3.63, 3.8) is 0 Å². The van der Waals surface area contributed by atoms with Gasteiger partial charge in [-0.1, -0.05) is 35.0 Å². The molecule has 0 heterocycles. The fourth-order valence-corrected chi connectivity index (χ4v) is 1.73. The molecule has 2 aromatic rings. The van der Waals surface area contributed by atoms with E-state index in [-0.39, 0.29) is 5.84 Å². The molecule has 0 spiro atoms. The Labute approximate surface area is 125 Å². The van der Waals surface area contributed by atoms with Gasteiger partial charge in [-0.3, -0.25) is 5.32 Å². The number of amidine groups is 1. The van der Waals surface area contributed by atoms with Gasteiger partial charge in [0.05, 0.1) is 10.7 Å². The Hall–Kier alpha value is -2.73. The molecular formula is C14H12ClN3O3. The maximum Gasteiger partial charge on any atom is 0.417 e. The summed E-state index contributed by atoms with van der Waals surface area (Å²) in [4.78, 5) is 11.8. The number of nitrogens with two attached hydrogens (primary N) is 1. The van der Waals surface area contributed by atoms with Crippen molar-refractivity contribution in [1.82, 2.24) is 0 Å². The van der Waals surface area contributed by atoms with Gasteiger partial charge in [-0.05, 0) is 30.3 Å². The summed E-state index contributed by atoms with van der Waals surface area (Å²) in [5.74, 6) is 0.310. The lowest BCUT2D eigenvalue weighted by atomic mass is 10.2. The number of hydrogen-bond acceptors (Lipinski definition) is 4. The van der Waals surface area contributed by atoms with Crippen LogP contribution in [0.3, 0.4) is 0 Å². The highest BCUT2D eigenvalue weighted by Crippen LogP contribution is 2.23. The van der Waals surface area contributed by atoms with Crippen LogP contribution in [-0.4, -0.2) is 17.1 Å². The van der Waals surface area contributed by atoms with Crippen molar-refractivity contribution in [3.8, 4) is 5.75 Å². The standard InChI is InChI=1S/C14H12ClN3O3/c15-11-7-6-9(13(16)18-20)8-12(11)17-14(19)21-10-4-2-1-3-5-10/h1-8,20H,(H2,16,18)(H,17,19). The maximum atomic E-state index is 11.8. The zero-order valence-corrected chi connectivity index (χ0v) is 11.5. The number of rotatable bonds is 3. The average molecular weight is 306 g/mol. The van der Waals surface area contributed by atoms with Gasteiger partial charge in [0.2, 0.25) is 0 Å². The molecule has 0 aromatic heterocycles. The predicted octanol–water partition coefficient (Wildman–Crippen LogP) is 3.05. The molecule has 0 aliphatic carbocycles. The molecule has 0 saturated heterocycles. The lowest BCUT2D eigenvalue weighted by Gasteiger charge is -2.09. The quantitative estimate of drug-likeness (QED) is 0.351. The molecule has 108 valence electrons. The first kappa shape index (κ1) is 14.7. The van der Waals surface area contributed by atoms with Gasteiger partial charge in [0, 0.05) is 5.56 Å². The molecule has 21 heavy (non-hydrogen) atoms. The van der Waals surface area contributed by atoms with E-state index < -0.39 is 6.09 Å². The average Bonchev–Trinajstić information content (AvgIpc) is 2.49. The van der Waals surface area contributed by atoms with Gasteiger partial charge < -0.3 is 15.7 Å². The molecule has 1 amide bonds. The lowest BCUT2D eigenvalue weighted by Crippen LogP contribution is -2.18. The highest BCUT2D eigenvalue weighted by molar-refractivity contribution is 6.33. The molecule has 6 nitrogen and oxygen atoms in total. The number of carbonyl (C=O) groups is 1. The van der Waals surface area contributed by atoms with E-state index in [4.69, 9.17) is 27.3 Å². The molecule has 7 heteroatoms. The Morgan fingerprint density at radius 1 is 1.24 bits per heavy atom. The Bertz CT molecular complexity index is 674. The van der Waals surface area contributed by atoms with Crippen molar-refractivity contribution >= 4 is 29.2 Å². The largest absolute Gasteiger partial charge is 0.417 e. The van der Waals surface area contributed by atoms with Crippen molar-refractivity contribution in [2.75, 3.05) is 5.32 Å². The van der Waals surface area contributed by atoms with Crippen LogP contribution in [-0.2, 0) is 0 Å². The normalized spacial score (nSPS) is 11.0. The van der Waals surface area contributed by atoms with Crippen LogP contribution in [0.5, 0.6) is 5.75 Å². The Morgan fingerprint density at radius 2 is 1.95 bits per heavy atom. The van der Waals surface area contributed by atoms with E-state index in [0.29, 0.717) is 22.0 Å². The van der Waals surface area contributed by atoms with Crippen molar-refractivity contribution in [2.45, 2.75) is 0 Å². The van der Waals surface area contributed by atoms with Crippen molar-refractivity contribution in [3.05, 3.63) is 59.1 Å². The summed E-state index contributed by atoms with van der Waals surface area (Å²) in [6.07, 6.45) is -0.695. The Kier molecular flexibility index (Phi) is 4.63. The van der Waals surface area contributed by atoms with Gasteiger partial charge in [0.1, 0.15) is 5.75 Å². The van der Waals surface area contributed by atoms with E-state index in [2.05, 4.69) is 10.5 Å². The minimum atomic E-state index is -0.695. The number of carbonyl (C=O) groups excluding carboxylic acids is 1. The highest BCUT2D eigenvalue weighted by Gasteiger charge is 2.10. The molecule has 0 radical (unpaired) electrons. The SMILES string of the molecule is N/C(=N/O)c1ccc(Cl)c(NC(=O)Oc2ccccc2)c1. The first-order valence-electron chi connectivity index (χ1n) is 5.91. The summed E-state index contributed by atoms with van der Waals surface area (Å²) in [6, 6.07) is 13.1. The Morgan fingerprint density at radius 3 is 2.62 bits per heavy atom. The highest BCUT2D eigenvalue weighted by atomic mass is 35.5. The molecular weight excluding hydrogens is 294 g/mol. The van der Waals surface area contributed by atoms with Crippen molar-refractivity contribution in [1.29, 1.82) is 0 Å². The Balaban J connectivity index is 2.13. The van der Waals surface area contributed by atoms with Crippen LogP contribution in [0.4, 0.5) is 10.5 Å². The summed E-state index contributed by atoms with van der Waals surface area (Å²) in [5, 5.41) is 14.3. The van der Waals surface area contributed by atoms with E-state index in [1.165, 1.54) is 12.1 Å². The van der Waals surface area contributed by atoms with Gasteiger partial charge >= 0.3 is 6.09 Å². The predicted molar refractivity (Wildman–Crippen MR) is 80.1 cm³/mol.